The van der Waals surface area contributed by atoms with Crippen LogP contribution in [0.3, 0.4) is 0 Å². The zero-order valence-corrected chi connectivity index (χ0v) is 24.9. The van der Waals surface area contributed by atoms with E-state index in [1.54, 1.807) is 0 Å². The molecule has 0 saturated heterocycles. The summed E-state index contributed by atoms with van der Waals surface area (Å²) in [4.78, 5) is 12.9. The predicted molar refractivity (Wildman–Crippen MR) is 159 cm³/mol. The molecule has 0 bridgehead atoms. The van der Waals surface area contributed by atoms with Crippen LogP contribution in [0.5, 0.6) is 5.75 Å². The Labute approximate surface area is 233 Å². The number of carbonyl (C=O) groups is 1. The Kier molecular flexibility index (Phi) is 15.1. The standard InChI is InChI=1S/C34H54NO3/c1-6-8-9-10-11-12-13-14-15-17-21-30-24-20-25-32(26-30)37-33(7-2)38-34(36)29(3)27-35(4,5)28-31-22-18-16-19-23-31/h16,18-20,22-26,29,33H,6-15,17,21,27-28H2,1-5H3/q+1. The second-order valence-electron chi connectivity index (χ2n) is 11.6. The summed E-state index contributed by atoms with van der Waals surface area (Å²) in [6, 6.07) is 18.7. The molecule has 2 atom stereocenters. The summed E-state index contributed by atoms with van der Waals surface area (Å²) in [5.41, 5.74) is 2.56. The summed E-state index contributed by atoms with van der Waals surface area (Å²) in [5, 5.41) is 0. The highest BCUT2D eigenvalue weighted by atomic mass is 16.7. The molecular formula is C34H54NO3+. The highest BCUT2D eigenvalue weighted by Crippen LogP contribution is 2.20. The van der Waals surface area contributed by atoms with Crippen molar-refractivity contribution < 1.29 is 18.8 Å². The number of ether oxygens (including phenoxy) is 2. The van der Waals surface area contributed by atoms with Gasteiger partial charge in [-0.3, -0.25) is 4.79 Å². The lowest BCUT2D eigenvalue weighted by atomic mass is 10.0. The number of quaternary nitrogens is 1. The van der Waals surface area contributed by atoms with Gasteiger partial charge >= 0.3 is 5.97 Å². The molecule has 0 N–H and O–H groups in total. The molecule has 0 spiro atoms. The van der Waals surface area contributed by atoms with Crippen molar-refractivity contribution >= 4 is 5.97 Å². The lowest BCUT2D eigenvalue weighted by Gasteiger charge is -2.32. The van der Waals surface area contributed by atoms with Gasteiger partial charge < -0.3 is 14.0 Å². The minimum atomic E-state index is -0.567. The first-order valence-corrected chi connectivity index (χ1v) is 15.1. The van der Waals surface area contributed by atoms with Crippen molar-refractivity contribution in [2.75, 3.05) is 20.6 Å². The minimum absolute atomic E-state index is 0.197. The summed E-state index contributed by atoms with van der Waals surface area (Å²) in [6.45, 7) is 7.80. The van der Waals surface area contributed by atoms with E-state index in [9.17, 15) is 4.79 Å². The largest absolute Gasteiger partial charge is 0.455 e. The molecule has 2 aromatic carbocycles. The van der Waals surface area contributed by atoms with Gasteiger partial charge in [-0.05, 0) is 37.5 Å². The zero-order valence-electron chi connectivity index (χ0n) is 24.9. The van der Waals surface area contributed by atoms with Crippen LogP contribution in [-0.2, 0) is 22.5 Å². The van der Waals surface area contributed by atoms with Crippen molar-refractivity contribution in [2.45, 2.75) is 111 Å². The van der Waals surface area contributed by atoms with Gasteiger partial charge in [0.05, 0.1) is 20.6 Å². The van der Waals surface area contributed by atoms with Crippen molar-refractivity contribution in [1.29, 1.82) is 0 Å². The first-order valence-electron chi connectivity index (χ1n) is 15.1. The second-order valence-corrected chi connectivity index (χ2v) is 11.6. The SMILES string of the molecule is CCCCCCCCCCCCc1cccc(OC(CC)OC(=O)C(C)C[N+](C)(C)Cc2ccccc2)c1. The molecule has 0 aliphatic rings. The Morgan fingerprint density at radius 3 is 2.03 bits per heavy atom. The summed E-state index contributed by atoms with van der Waals surface area (Å²) in [7, 11) is 4.31. The quantitative estimate of drug-likeness (QED) is 0.0752. The number of carbonyl (C=O) groups excluding carboxylic acids is 1. The molecule has 0 radical (unpaired) electrons. The van der Waals surface area contributed by atoms with Crippen molar-refractivity contribution in [3.63, 3.8) is 0 Å². The van der Waals surface area contributed by atoms with Gasteiger partial charge in [0, 0.05) is 12.0 Å². The summed E-state index contributed by atoms with van der Waals surface area (Å²) in [6.07, 6.45) is 14.6. The fraction of sp³-hybridized carbons (Fsp3) is 0.618. The maximum atomic E-state index is 12.9. The normalized spacial score (nSPS) is 13.2. The van der Waals surface area contributed by atoms with E-state index in [1.165, 1.54) is 75.3 Å². The average molecular weight is 525 g/mol. The summed E-state index contributed by atoms with van der Waals surface area (Å²) < 4.78 is 12.6. The Balaban J connectivity index is 1.72. The average Bonchev–Trinajstić information content (AvgIpc) is 2.89. The van der Waals surface area contributed by atoms with E-state index in [-0.39, 0.29) is 11.9 Å². The molecule has 4 heteroatoms. The third kappa shape index (κ3) is 13.5. The molecule has 4 nitrogen and oxygen atoms in total. The van der Waals surface area contributed by atoms with Gasteiger partial charge in [0.2, 0.25) is 6.29 Å². The molecule has 0 heterocycles. The molecule has 0 fully saturated rings. The topological polar surface area (TPSA) is 35.5 Å². The number of nitrogens with zero attached hydrogens (tertiary/aromatic N) is 1. The highest BCUT2D eigenvalue weighted by Gasteiger charge is 2.27. The van der Waals surface area contributed by atoms with Gasteiger partial charge in [0.1, 0.15) is 18.2 Å². The lowest BCUT2D eigenvalue weighted by molar-refractivity contribution is -0.905. The van der Waals surface area contributed by atoms with E-state index in [4.69, 9.17) is 9.47 Å². The number of rotatable bonds is 20. The Morgan fingerprint density at radius 1 is 0.789 bits per heavy atom. The zero-order chi connectivity index (χ0) is 27.6. The lowest BCUT2D eigenvalue weighted by Crippen LogP contribution is -2.44. The molecule has 212 valence electrons. The summed E-state index contributed by atoms with van der Waals surface area (Å²) >= 11 is 0. The van der Waals surface area contributed by atoms with Crippen LogP contribution in [0.15, 0.2) is 54.6 Å². The van der Waals surface area contributed by atoms with E-state index in [1.807, 2.05) is 32.0 Å². The molecule has 0 saturated carbocycles. The number of unbranched alkanes of at least 4 members (excludes halogenated alkanes) is 9. The van der Waals surface area contributed by atoms with E-state index < -0.39 is 6.29 Å². The van der Waals surface area contributed by atoms with Crippen LogP contribution in [0.2, 0.25) is 0 Å². The van der Waals surface area contributed by atoms with E-state index in [0.29, 0.717) is 13.0 Å². The van der Waals surface area contributed by atoms with Crippen molar-refractivity contribution in [2.24, 2.45) is 5.92 Å². The molecule has 0 amide bonds. The fourth-order valence-electron chi connectivity index (χ4n) is 5.14. The van der Waals surface area contributed by atoms with Crippen LogP contribution < -0.4 is 4.74 Å². The van der Waals surface area contributed by atoms with Gasteiger partial charge in [-0.15, -0.1) is 0 Å². The van der Waals surface area contributed by atoms with Crippen LogP contribution in [0.25, 0.3) is 0 Å². The predicted octanol–water partition coefficient (Wildman–Crippen LogP) is 8.72. The van der Waals surface area contributed by atoms with E-state index in [0.717, 1.165) is 23.2 Å². The fourth-order valence-corrected chi connectivity index (χ4v) is 5.14. The maximum Gasteiger partial charge on any atom is 0.317 e. The molecule has 2 rings (SSSR count). The first-order chi connectivity index (χ1) is 18.3. The smallest absolute Gasteiger partial charge is 0.317 e. The summed E-state index contributed by atoms with van der Waals surface area (Å²) in [5.74, 6) is 0.369. The number of aryl methyl sites for hydroxylation is 1. The van der Waals surface area contributed by atoms with Crippen LogP contribution in [-0.4, -0.2) is 37.4 Å². The number of hydrogen-bond donors (Lipinski definition) is 0. The van der Waals surface area contributed by atoms with Crippen molar-refractivity contribution in [3.05, 3.63) is 65.7 Å². The first kappa shape index (κ1) is 31.9. The third-order valence-electron chi connectivity index (χ3n) is 7.19. The number of hydrogen-bond acceptors (Lipinski definition) is 3. The monoisotopic (exact) mass is 524 g/mol. The van der Waals surface area contributed by atoms with Crippen LogP contribution >= 0.6 is 0 Å². The molecule has 0 aliphatic heterocycles. The molecule has 2 aromatic rings. The van der Waals surface area contributed by atoms with Gasteiger partial charge in [0.15, 0.2) is 0 Å². The van der Waals surface area contributed by atoms with Gasteiger partial charge in [0.25, 0.3) is 0 Å². The Morgan fingerprint density at radius 2 is 1.39 bits per heavy atom. The third-order valence-corrected chi connectivity index (χ3v) is 7.19. The van der Waals surface area contributed by atoms with E-state index in [2.05, 4.69) is 57.4 Å². The van der Waals surface area contributed by atoms with Crippen LogP contribution in [0.1, 0.15) is 103 Å². The molecule has 0 aliphatic carbocycles. The number of benzene rings is 2. The second kappa shape index (κ2) is 18.0. The molecule has 0 aromatic heterocycles. The van der Waals surface area contributed by atoms with Gasteiger partial charge in [-0.2, -0.15) is 0 Å². The maximum absolute atomic E-state index is 12.9. The molecular weight excluding hydrogens is 470 g/mol. The van der Waals surface area contributed by atoms with E-state index >= 15 is 0 Å². The Bertz CT molecular complexity index is 896. The van der Waals surface area contributed by atoms with Gasteiger partial charge in [-0.25, -0.2) is 0 Å². The molecule has 38 heavy (non-hydrogen) atoms. The van der Waals surface area contributed by atoms with Gasteiger partial charge in [-0.1, -0.05) is 114 Å². The van der Waals surface area contributed by atoms with Crippen LogP contribution in [0, 0.1) is 5.92 Å². The van der Waals surface area contributed by atoms with Crippen molar-refractivity contribution in [1.82, 2.24) is 0 Å². The molecule has 2 unspecified atom stereocenters. The Hall–Kier alpha value is -2.33. The number of esters is 1. The highest BCUT2D eigenvalue weighted by molar-refractivity contribution is 5.72. The minimum Gasteiger partial charge on any atom is -0.455 e. The van der Waals surface area contributed by atoms with Crippen LogP contribution in [0.4, 0.5) is 0 Å². The van der Waals surface area contributed by atoms with Crippen molar-refractivity contribution in [3.8, 4) is 5.75 Å².